The minimum absolute atomic E-state index is 0.00784. The Labute approximate surface area is 195 Å². The first-order chi connectivity index (χ1) is 15.7. The lowest BCUT2D eigenvalue weighted by Gasteiger charge is -2.13. The molecule has 33 heavy (non-hydrogen) atoms. The van der Waals surface area contributed by atoms with E-state index in [1.807, 2.05) is 50.2 Å². The van der Waals surface area contributed by atoms with Gasteiger partial charge in [-0.2, -0.15) is 5.26 Å². The smallest absolute Gasteiger partial charge is 0.346 e. The van der Waals surface area contributed by atoms with Gasteiger partial charge in [0.1, 0.15) is 22.5 Å². The number of carbonyl (C=O) groups is 2. The average Bonchev–Trinajstić information content (AvgIpc) is 3.35. The van der Waals surface area contributed by atoms with E-state index >= 15 is 0 Å². The number of hydrogen-bond acceptors (Lipinski definition) is 7. The topological polar surface area (TPSA) is 103 Å². The van der Waals surface area contributed by atoms with E-state index in [0.29, 0.717) is 17.1 Å². The molecule has 0 N–H and O–H groups in total. The lowest BCUT2D eigenvalue weighted by molar-refractivity contribution is -0.149. The van der Waals surface area contributed by atoms with Crippen LogP contribution < -0.4 is 4.74 Å². The molecule has 172 valence electrons. The van der Waals surface area contributed by atoms with Gasteiger partial charge in [0, 0.05) is 11.8 Å². The van der Waals surface area contributed by atoms with E-state index in [2.05, 4.69) is 4.74 Å². The van der Waals surface area contributed by atoms with Crippen molar-refractivity contribution in [3.05, 3.63) is 71.1 Å². The van der Waals surface area contributed by atoms with Crippen molar-refractivity contribution in [3.63, 3.8) is 0 Å². The molecule has 0 amide bonds. The Morgan fingerprint density at radius 3 is 2.39 bits per heavy atom. The van der Waals surface area contributed by atoms with Crippen molar-refractivity contribution in [3.8, 4) is 17.6 Å². The van der Waals surface area contributed by atoms with Crippen molar-refractivity contribution in [1.29, 1.82) is 5.26 Å². The number of rotatable bonds is 8. The van der Waals surface area contributed by atoms with Gasteiger partial charge in [-0.1, -0.05) is 50.3 Å². The monoisotopic (exact) mass is 467 g/mol. The number of nitriles is 1. The summed E-state index contributed by atoms with van der Waals surface area (Å²) in [6, 6.07) is 18.0. The summed E-state index contributed by atoms with van der Waals surface area (Å²) >= 11 is 0. The Morgan fingerprint density at radius 2 is 1.79 bits per heavy atom. The highest BCUT2D eigenvalue weighted by molar-refractivity contribution is 7.89. The minimum Gasteiger partial charge on any atom is -0.465 e. The first-order valence-electron chi connectivity index (χ1n) is 10.3. The van der Waals surface area contributed by atoms with Crippen LogP contribution >= 0.6 is 0 Å². The molecule has 7 nitrogen and oxygen atoms in total. The number of carbonyl (C=O) groups excluding carboxylic acids is 2. The maximum Gasteiger partial charge on any atom is 0.346 e. The summed E-state index contributed by atoms with van der Waals surface area (Å²) in [7, 11) is -0.360. The van der Waals surface area contributed by atoms with Crippen LogP contribution in [0.3, 0.4) is 0 Å². The fourth-order valence-electron chi connectivity index (χ4n) is 3.71. The molecule has 0 radical (unpaired) electrons. The second kappa shape index (κ2) is 10.0. The van der Waals surface area contributed by atoms with Crippen LogP contribution in [0.15, 0.2) is 65.6 Å². The maximum absolute atomic E-state index is 12.9. The van der Waals surface area contributed by atoms with Crippen molar-refractivity contribution in [2.75, 3.05) is 13.4 Å². The maximum atomic E-state index is 12.9. The zero-order chi connectivity index (χ0) is 24.2. The van der Waals surface area contributed by atoms with Crippen LogP contribution in [0.2, 0.25) is 0 Å². The van der Waals surface area contributed by atoms with Gasteiger partial charge < -0.3 is 14.2 Å². The number of nitrogens with zero attached hydrogens (tertiary/aromatic N) is 1. The van der Waals surface area contributed by atoms with E-state index in [9.17, 15) is 19.1 Å². The minimum atomic E-state index is -1.57. The molecule has 0 heterocycles. The van der Waals surface area contributed by atoms with Gasteiger partial charge in [-0.05, 0) is 35.6 Å². The molecular weight excluding hydrogens is 442 g/mol. The Bertz CT molecular complexity index is 1140. The van der Waals surface area contributed by atoms with E-state index < -0.39 is 40.2 Å². The molecule has 2 aromatic carbocycles. The van der Waals surface area contributed by atoms with Gasteiger partial charge in [0.05, 0.1) is 23.8 Å². The SMILES string of the molecule is COC(=O)C(=C[C@@H]1[C@@H](C(=O)OC(C#N)c2cccc(Oc3ccccc3)c2)C1(C)C)[S@](C)=O. The van der Waals surface area contributed by atoms with Crippen LogP contribution in [-0.4, -0.2) is 29.5 Å². The summed E-state index contributed by atoms with van der Waals surface area (Å²) < 4.78 is 28.0. The number of para-hydroxylation sites is 1. The molecule has 1 aliphatic rings. The standard InChI is InChI=1S/C25H25NO6S/c1-25(2)19(14-21(33(4)29)23(27)30-3)22(25)24(28)32-20(15-26)16-9-8-12-18(13-16)31-17-10-6-5-7-11-17/h5-14,19-20,22H,1-4H3/t19-,20?,22+,33+/m1/s1. The number of methoxy groups -OCH3 is 1. The van der Waals surface area contributed by atoms with Crippen LogP contribution in [0.5, 0.6) is 11.5 Å². The van der Waals surface area contributed by atoms with Crippen LogP contribution in [0.1, 0.15) is 25.5 Å². The third kappa shape index (κ3) is 5.49. The summed E-state index contributed by atoms with van der Waals surface area (Å²) in [5, 5.41) is 9.65. The lowest BCUT2D eigenvalue weighted by atomic mass is 10.1. The van der Waals surface area contributed by atoms with E-state index in [1.165, 1.54) is 19.4 Å². The fraction of sp³-hybridized carbons (Fsp3) is 0.320. The molecule has 1 saturated carbocycles. The van der Waals surface area contributed by atoms with Gasteiger partial charge in [0.25, 0.3) is 0 Å². The van der Waals surface area contributed by atoms with Gasteiger partial charge >= 0.3 is 11.9 Å². The zero-order valence-corrected chi connectivity index (χ0v) is 19.6. The van der Waals surface area contributed by atoms with Gasteiger partial charge in [-0.3, -0.25) is 9.00 Å². The van der Waals surface area contributed by atoms with Gasteiger partial charge in [-0.15, -0.1) is 0 Å². The lowest BCUT2D eigenvalue weighted by Crippen LogP contribution is -2.15. The second-order valence-corrected chi connectivity index (χ2v) is 9.58. The molecule has 0 bridgehead atoms. The summed E-state index contributed by atoms with van der Waals surface area (Å²) in [4.78, 5) is 24.8. The van der Waals surface area contributed by atoms with Crippen LogP contribution in [0, 0.1) is 28.6 Å². The van der Waals surface area contributed by atoms with E-state index in [4.69, 9.17) is 9.47 Å². The van der Waals surface area contributed by atoms with E-state index in [0.717, 1.165) is 0 Å². The first kappa shape index (κ1) is 24.2. The third-order valence-electron chi connectivity index (χ3n) is 5.68. The quantitative estimate of drug-likeness (QED) is 0.421. The molecular formula is C25H25NO6S. The van der Waals surface area contributed by atoms with E-state index in [-0.39, 0.29) is 10.8 Å². The average molecular weight is 468 g/mol. The number of esters is 2. The molecule has 1 unspecified atom stereocenters. The highest BCUT2D eigenvalue weighted by Crippen LogP contribution is 2.60. The molecule has 0 spiro atoms. The van der Waals surface area contributed by atoms with Crippen molar-refractivity contribution in [2.24, 2.45) is 17.3 Å². The van der Waals surface area contributed by atoms with Crippen molar-refractivity contribution in [1.82, 2.24) is 0 Å². The van der Waals surface area contributed by atoms with Gasteiger partial charge in [0.15, 0.2) is 0 Å². The third-order valence-corrected chi connectivity index (χ3v) is 6.60. The highest BCUT2D eigenvalue weighted by atomic mass is 32.2. The summed E-state index contributed by atoms with van der Waals surface area (Å²) in [6.07, 6.45) is 1.77. The Hall–Kier alpha value is -3.44. The Morgan fingerprint density at radius 1 is 1.12 bits per heavy atom. The molecule has 4 atom stereocenters. The number of allylic oxidation sites excluding steroid dienone is 1. The van der Waals surface area contributed by atoms with Crippen molar-refractivity contribution in [2.45, 2.75) is 20.0 Å². The molecule has 3 rings (SSSR count). The molecule has 0 aromatic heterocycles. The highest BCUT2D eigenvalue weighted by Gasteiger charge is 2.62. The van der Waals surface area contributed by atoms with Gasteiger partial charge in [-0.25, -0.2) is 4.79 Å². The first-order valence-corrected chi connectivity index (χ1v) is 11.8. The Kier molecular flexibility index (Phi) is 7.34. The molecule has 1 fully saturated rings. The summed E-state index contributed by atoms with van der Waals surface area (Å²) in [5.41, 5.74) is -0.0386. The fourth-order valence-corrected chi connectivity index (χ4v) is 4.36. The van der Waals surface area contributed by atoms with Crippen molar-refractivity contribution >= 4 is 22.7 Å². The van der Waals surface area contributed by atoms with Crippen LogP contribution in [-0.2, 0) is 29.9 Å². The zero-order valence-electron chi connectivity index (χ0n) is 18.8. The molecule has 2 aromatic rings. The predicted octanol–water partition coefficient (Wildman–Crippen LogP) is 4.29. The number of hydrogen-bond donors (Lipinski definition) is 0. The summed E-state index contributed by atoms with van der Waals surface area (Å²) in [5.74, 6) is -1.06. The normalized spacial score (nSPS) is 20.6. The predicted molar refractivity (Wildman–Crippen MR) is 122 cm³/mol. The molecule has 8 heteroatoms. The molecule has 1 aliphatic carbocycles. The summed E-state index contributed by atoms with van der Waals surface area (Å²) in [6.45, 7) is 3.70. The number of ether oxygens (including phenoxy) is 3. The molecule has 0 saturated heterocycles. The molecule has 0 aliphatic heterocycles. The Balaban J connectivity index is 1.75. The second-order valence-electron chi connectivity index (χ2n) is 8.24. The van der Waals surface area contributed by atoms with Crippen LogP contribution in [0.25, 0.3) is 0 Å². The van der Waals surface area contributed by atoms with Gasteiger partial charge in [0.2, 0.25) is 6.10 Å². The largest absolute Gasteiger partial charge is 0.465 e. The van der Waals surface area contributed by atoms with Crippen molar-refractivity contribution < 1.29 is 28.0 Å². The van der Waals surface area contributed by atoms with Crippen LogP contribution in [0.4, 0.5) is 0 Å². The number of benzene rings is 2. The van der Waals surface area contributed by atoms with E-state index in [1.54, 1.807) is 24.3 Å².